The number of fused-ring (bicyclic) bond motifs is 1. The van der Waals surface area contributed by atoms with Crippen LogP contribution in [0.3, 0.4) is 0 Å². The molecule has 0 atom stereocenters. The van der Waals surface area contributed by atoms with Gasteiger partial charge in [0.1, 0.15) is 0 Å². The Morgan fingerprint density at radius 2 is 1.94 bits per heavy atom. The van der Waals surface area contributed by atoms with Gasteiger partial charge in [-0.2, -0.15) is 0 Å². The molecule has 2 rings (SSSR count). The largest absolute Gasteiger partial charge is 0.313 e. The molecule has 0 fully saturated rings. The van der Waals surface area contributed by atoms with E-state index in [0.29, 0.717) is 12.6 Å². The van der Waals surface area contributed by atoms with Gasteiger partial charge in [-0.05, 0) is 6.07 Å². The number of nitrogens with zero attached hydrogens (tertiary/aromatic N) is 1. The van der Waals surface area contributed by atoms with Crippen molar-refractivity contribution in [2.75, 3.05) is 13.1 Å². The molecule has 0 bridgehead atoms. The average molecular weight is 230 g/mol. The Balaban J connectivity index is 2.08. The molecule has 0 radical (unpaired) electrons. The zero-order valence-electron chi connectivity index (χ0n) is 10.4. The maximum absolute atomic E-state index is 12.1. The van der Waals surface area contributed by atoms with Crippen molar-refractivity contribution < 1.29 is 4.79 Å². The van der Waals surface area contributed by atoms with Gasteiger partial charge in [0.05, 0.1) is 0 Å². The van der Waals surface area contributed by atoms with Crippen LogP contribution in [0.2, 0.25) is 0 Å². The molecular weight excluding hydrogens is 212 g/mol. The molecule has 0 unspecified atom stereocenters. The summed E-state index contributed by atoms with van der Waals surface area (Å²) in [5.74, 6) is 0.0659. The number of carbonyl (C=O) groups is 1. The van der Waals surface area contributed by atoms with Crippen LogP contribution in [0.4, 0.5) is 0 Å². The molecule has 1 aromatic rings. The zero-order valence-corrected chi connectivity index (χ0v) is 10.4. The third kappa shape index (κ3) is 2.24. The molecule has 1 N–H and O–H groups in total. The Hall–Kier alpha value is -1.61. The van der Waals surface area contributed by atoms with Gasteiger partial charge in [0.25, 0.3) is 5.91 Å². The fraction of sp³-hybridized carbons (Fsp3) is 0.357. The number of carbonyl (C=O) groups excluding carboxylic acids is 1. The fourth-order valence-corrected chi connectivity index (χ4v) is 2.04. The summed E-state index contributed by atoms with van der Waals surface area (Å²) < 4.78 is 0. The lowest BCUT2D eigenvalue weighted by Gasteiger charge is -2.18. The van der Waals surface area contributed by atoms with E-state index in [9.17, 15) is 4.79 Å². The number of amides is 1. The van der Waals surface area contributed by atoms with Gasteiger partial charge in [0.2, 0.25) is 0 Å². The molecule has 90 valence electrons. The second-order valence-corrected chi connectivity index (χ2v) is 4.56. The monoisotopic (exact) mass is 230 g/mol. The highest BCUT2D eigenvalue weighted by Crippen LogP contribution is 2.30. The van der Waals surface area contributed by atoms with E-state index in [1.807, 2.05) is 24.3 Å². The van der Waals surface area contributed by atoms with Gasteiger partial charge in [-0.25, -0.2) is 0 Å². The van der Waals surface area contributed by atoms with Crippen molar-refractivity contribution in [3.05, 3.63) is 42.0 Å². The summed E-state index contributed by atoms with van der Waals surface area (Å²) in [6.45, 7) is 9.65. The Bertz CT molecular complexity index is 416. The number of nitrogens with one attached hydrogen (secondary N) is 1. The summed E-state index contributed by atoms with van der Waals surface area (Å²) in [5.41, 5.74) is 2.54. The quantitative estimate of drug-likeness (QED) is 0.859. The molecule has 1 heterocycles. The van der Waals surface area contributed by atoms with Crippen LogP contribution >= 0.6 is 0 Å². The van der Waals surface area contributed by atoms with Crippen molar-refractivity contribution in [3.8, 4) is 0 Å². The maximum atomic E-state index is 12.1. The van der Waals surface area contributed by atoms with Crippen LogP contribution < -0.4 is 5.32 Å². The standard InChI is InChI=1S/C14H18N2O/c1-10(2)15-8-9-16-11(3)12-6-4-5-7-13(12)14(16)17/h4-7,10,15H,3,8-9H2,1-2H3. The van der Waals surface area contributed by atoms with Gasteiger partial charge in [-0.15, -0.1) is 0 Å². The first-order valence-electron chi connectivity index (χ1n) is 5.95. The number of hydrogen-bond acceptors (Lipinski definition) is 2. The third-order valence-corrected chi connectivity index (χ3v) is 2.93. The molecular formula is C14H18N2O. The second-order valence-electron chi connectivity index (χ2n) is 4.56. The maximum Gasteiger partial charge on any atom is 0.258 e. The van der Waals surface area contributed by atoms with E-state index in [1.165, 1.54) is 0 Å². The van der Waals surface area contributed by atoms with E-state index < -0.39 is 0 Å². The molecule has 17 heavy (non-hydrogen) atoms. The molecule has 3 nitrogen and oxygen atoms in total. The molecule has 1 aliphatic heterocycles. The Morgan fingerprint density at radius 3 is 2.53 bits per heavy atom. The van der Waals surface area contributed by atoms with E-state index >= 15 is 0 Å². The predicted octanol–water partition coefficient (Wildman–Crippen LogP) is 2.11. The van der Waals surface area contributed by atoms with Crippen LogP contribution in [0.15, 0.2) is 30.8 Å². The van der Waals surface area contributed by atoms with Crippen molar-refractivity contribution in [2.45, 2.75) is 19.9 Å². The first-order valence-corrected chi connectivity index (χ1v) is 5.95. The summed E-state index contributed by atoms with van der Waals surface area (Å²) >= 11 is 0. The van der Waals surface area contributed by atoms with E-state index in [4.69, 9.17) is 0 Å². The molecule has 0 aromatic heterocycles. The van der Waals surface area contributed by atoms with E-state index in [2.05, 4.69) is 25.7 Å². The van der Waals surface area contributed by atoms with Crippen molar-refractivity contribution >= 4 is 11.6 Å². The van der Waals surface area contributed by atoms with Crippen LogP contribution in [0.1, 0.15) is 29.8 Å². The van der Waals surface area contributed by atoms with Crippen molar-refractivity contribution in [1.82, 2.24) is 10.2 Å². The minimum absolute atomic E-state index is 0.0659. The minimum atomic E-state index is 0.0659. The Morgan fingerprint density at radius 1 is 1.29 bits per heavy atom. The molecule has 0 saturated heterocycles. The second kappa shape index (κ2) is 4.72. The Labute approximate surface area is 102 Å². The van der Waals surface area contributed by atoms with Gasteiger partial charge >= 0.3 is 0 Å². The van der Waals surface area contributed by atoms with Crippen LogP contribution in [-0.2, 0) is 0 Å². The lowest BCUT2D eigenvalue weighted by molar-refractivity contribution is 0.0851. The van der Waals surface area contributed by atoms with Crippen LogP contribution in [0, 0.1) is 0 Å². The summed E-state index contributed by atoms with van der Waals surface area (Å²) in [6.07, 6.45) is 0. The number of hydrogen-bond donors (Lipinski definition) is 1. The van der Waals surface area contributed by atoms with Gasteiger partial charge < -0.3 is 10.2 Å². The van der Waals surface area contributed by atoms with E-state index in [-0.39, 0.29) is 5.91 Å². The highest BCUT2D eigenvalue weighted by Gasteiger charge is 2.29. The van der Waals surface area contributed by atoms with Crippen LogP contribution in [-0.4, -0.2) is 29.9 Å². The normalized spacial score (nSPS) is 14.6. The summed E-state index contributed by atoms with van der Waals surface area (Å²) in [5, 5.41) is 3.31. The zero-order chi connectivity index (χ0) is 12.4. The van der Waals surface area contributed by atoms with Gasteiger partial charge in [0, 0.05) is 36.0 Å². The van der Waals surface area contributed by atoms with E-state index in [1.54, 1.807) is 4.90 Å². The summed E-state index contributed by atoms with van der Waals surface area (Å²) in [6, 6.07) is 8.07. The first kappa shape index (κ1) is 11.9. The van der Waals surface area contributed by atoms with Crippen molar-refractivity contribution in [1.29, 1.82) is 0 Å². The topological polar surface area (TPSA) is 32.3 Å². The highest BCUT2D eigenvalue weighted by atomic mass is 16.2. The first-order chi connectivity index (χ1) is 8.11. The minimum Gasteiger partial charge on any atom is -0.313 e. The third-order valence-electron chi connectivity index (χ3n) is 2.93. The Kier molecular flexibility index (Phi) is 3.29. The molecule has 0 saturated carbocycles. The molecule has 1 aliphatic rings. The predicted molar refractivity (Wildman–Crippen MR) is 69.7 cm³/mol. The number of rotatable bonds is 4. The van der Waals surface area contributed by atoms with Crippen LogP contribution in [0.25, 0.3) is 5.70 Å². The number of benzene rings is 1. The average Bonchev–Trinajstić information content (AvgIpc) is 2.54. The molecule has 1 aromatic carbocycles. The smallest absolute Gasteiger partial charge is 0.258 e. The summed E-state index contributed by atoms with van der Waals surface area (Å²) in [7, 11) is 0. The van der Waals surface area contributed by atoms with Crippen molar-refractivity contribution in [2.24, 2.45) is 0 Å². The molecule has 3 heteroatoms. The molecule has 0 spiro atoms. The molecule has 0 aliphatic carbocycles. The summed E-state index contributed by atoms with van der Waals surface area (Å²) in [4.78, 5) is 13.9. The van der Waals surface area contributed by atoms with Crippen LogP contribution in [0.5, 0.6) is 0 Å². The van der Waals surface area contributed by atoms with Gasteiger partial charge in [0.15, 0.2) is 0 Å². The van der Waals surface area contributed by atoms with Gasteiger partial charge in [-0.3, -0.25) is 4.79 Å². The SMILES string of the molecule is C=C1c2ccccc2C(=O)N1CCNC(C)C. The highest BCUT2D eigenvalue weighted by molar-refractivity contribution is 6.08. The fourth-order valence-electron chi connectivity index (χ4n) is 2.04. The van der Waals surface area contributed by atoms with Crippen molar-refractivity contribution in [3.63, 3.8) is 0 Å². The van der Waals surface area contributed by atoms with E-state index in [0.717, 1.165) is 23.4 Å². The van der Waals surface area contributed by atoms with Gasteiger partial charge in [-0.1, -0.05) is 38.6 Å². The lowest BCUT2D eigenvalue weighted by atomic mass is 10.1. The molecule has 1 amide bonds. The lowest BCUT2D eigenvalue weighted by Crippen LogP contribution is -2.34.